The molecule has 0 radical (unpaired) electrons. The quantitative estimate of drug-likeness (QED) is 0.730. The second kappa shape index (κ2) is 3.80. The number of halogens is 1. The summed E-state index contributed by atoms with van der Waals surface area (Å²) < 4.78 is 5.08. The largest absolute Gasteiger partial charge is 0.356 e. The van der Waals surface area contributed by atoms with Crippen LogP contribution in [0.5, 0.6) is 0 Å². The van der Waals surface area contributed by atoms with E-state index < -0.39 is 0 Å². The molecule has 0 aliphatic carbocycles. The number of fused-ring (bicyclic) bond motifs is 1. The molecule has 2 aromatic rings. The number of nitrogens with zero attached hydrogens (tertiary/aromatic N) is 1. The van der Waals surface area contributed by atoms with Crippen LogP contribution in [0.15, 0.2) is 28.8 Å². The molecule has 3 nitrogen and oxygen atoms in total. The standard InChI is InChI=1S/C10H8ClNO2/c11-10(13)6-5-8-7-3-1-2-4-9(7)14-12-8/h1-4H,5-6H2. The van der Waals surface area contributed by atoms with Gasteiger partial charge in [-0.3, -0.25) is 4.79 Å². The molecule has 0 aliphatic rings. The predicted molar refractivity (Wildman–Crippen MR) is 53.2 cm³/mol. The predicted octanol–water partition coefficient (Wildman–Crippen LogP) is 2.53. The molecule has 0 unspecified atom stereocenters. The SMILES string of the molecule is O=C(Cl)CCc1noc2ccccc12. The molecule has 4 heteroatoms. The minimum atomic E-state index is -0.350. The van der Waals surface area contributed by atoms with Gasteiger partial charge in [-0.1, -0.05) is 17.3 Å². The van der Waals surface area contributed by atoms with E-state index in [4.69, 9.17) is 16.1 Å². The van der Waals surface area contributed by atoms with Gasteiger partial charge in [0.05, 0.1) is 5.69 Å². The van der Waals surface area contributed by atoms with E-state index in [1.807, 2.05) is 24.3 Å². The number of aromatic nitrogens is 1. The van der Waals surface area contributed by atoms with Gasteiger partial charge in [0.25, 0.3) is 0 Å². The van der Waals surface area contributed by atoms with Crippen molar-refractivity contribution in [3.63, 3.8) is 0 Å². The van der Waals surface area contributed by atoms with Crippen LogP contribution in [0.25, 0.3) is 11.0 Å². The maximum Gasteiger partial charge on any atom is 0.222 e. The molecule has 0 fully saturated rings. The van der Waals surface area contributed by atoms with Gasteiger partial charge in [0.2, 0.25) is 5.24 Å². The first-order valence-electron chi connectivity index (χ1n) is 4.29. The van der Waals surface area contributed by atoms with E-state index in [1.54, 1.807) is 0 Å². The average molecular weight is 210 g/mol. The third-order valence-electron chi connectivity index (χ3n) is 2.01. The van der Waals surface area contributed by atoms with Crippen molar-refractivity contribution in [2.75, 3.05) is 0 Å². The Bertz CT molecular complexity index is 464. The maximum absolute atomic E-state index is 10.6. The van der Waals surface area contributed by atoms with Crippen molar-refractivity contribution in [1.29, 1.82) is 0 Å². The lowest BCUT2D eigenvalue weighted by Crippen LogP contribution is -1.91. The van der Waals surface area contributed by atoms with Crippen molar-refractivity contribution in [1.82, 2.24) is 5.16 Å². The minimum Gasteiger partial charge on any atom is -0.356 e. The Labute approximate surface area is 85.6 Å². The molecule has 0 bridgehead atoms. The number of para-hydroxylation sites is 1. The Morgan fingerprint density at radius 3 is 3.00 bits per heavy atom. The summed E-state index contributed by atoms with van der Waals surface area (Å²) in [4.78, 5) is 10.6. The van der Waals surface area contributed by atoms with Crippen molar-refractivity contribution in [2.45, 2.75) is 12.8 Å². The maximum atomic E-state index is 10.6. The van der Waals surface area contributed by atoms with E-state index in [9.17, 15) is 4.79 Å². The summed E-state index contributed by atoms with van der Waals surface area (Å²) >= 11 is 5.25. The molecule has 72 valence electrons. The number of rotatable bonds is 3. The van der Waals surface area contributed by atoms with E-state index in [2.05, 4.69) is 5.16 Å². The fourth-order valence-corrected chi connectivity index (χ4v) is 1.43. The Morgan fingerprint density at radius 1 is 1.43 bits per heavy atom. The first-order chi connectivity index (χ1) is 6.77. The Balaban J connectivity index is 2.29. The van der Waals surface area contributed by atoms with Crippen molar-refractivity contribution in [3.05, 3.63) is 30.0 Å². The Morgan fingerprint density at radius 2 is 2.21 bits per heavy atom. The van der Waals surface area contributed by atoms with Crippen LogP contribution in [0.4, 0.5) is 0 Å². The number of benzene rings is 1. The second-order valence-electron chi connectivity index (χ2n) is 2.98. The van der Waals surface area contributed by atoms with Crippen molar-refractivity contribution in [3.8, 4) is 0 Å². The topological polar surface area (TPSA) is 43.1 Å². The number of carbonyl (C=O) groups is 1. The third-order valence-corrected chi connectivity index (χ3v) is 2.20. The molecule has 0 atom stereocenters. The Hall–Kier alpha value is -1.35. The first-order valence-corrected chi connectivity index (χ1v) is 4.67. The highest BCUT2D eigenvalue weighted by molar-refractivity contribution is 6.63. The number of hydrogen-bond acceptors (Lipinski definition) is 3. The number of aryl methyl sites for hydroxylation is 1. The summed E-state index contributed by atoms with van der Waals surface area (Å²) in [7, 11) is 0. The summed E-state index contributed by atoms with van der Waals surface area (Å²) in [5.74, 6) is 0. The van der Waals surface area contributed by atoms with Gasteiger partial charge < -0.3 is 4.52 Å². The lowest BCUT2D eigenvalue weighted by molar-refractivity contribution is -0.111. The molecule has 0 saturated heterocycles. The molecule has 1 aromatic heterocycles. The highest BCUT2D eigenvalue weighted by Crippen LogP contribution is 2.18. The third kappa shape index (κ3) is 1.77. The van der Waals surface area contributed by atoms with Crippen LogP contribution in [-0.2, 0) is 11.2 Å². The van der Waals surface area contributed by atoms with Crippen molar-refractivity contribution < 1.29 is 9.32 Å². The number of carbonyl (C=O) groups excluding carboxylic acids is 1. The van der Waals surface area contributed by atoms with E-state index in [1.165, 1.54) is 0 Å². The highest BCUT2D eigenvalue weighted by atomic mass is 35.5. The molecule has 0 aliphatic heterocycles. The van der Waals surface area contributed by atoms with Crippen LogP contribution in [0.1, 0.15) is 12.1 Å². The highest BCUT2D eigenvalue weighted by Gasteiger charge is 2.08. The van der Waals surface area contributed by atoms with Crippen LogP contribution in [0.2, 0.25) is 0 Å². The van der Waals surface area contributed by atoms with Gasteiger partial charge in [-0.05, 0) is 23.7 Å². The summed E-state index contributed by atoms with van der Waals surface area (Å²) in [6, 6.07) is 7.55. The summed E-state index contributed by atoms with van der Waals surface area (Å²) in [5.41, 5.74) is 1.53. The molecule has 2 rings (SSSR count). The monoisotopic (exact) mass is 209 g/mol. The van der Waals surface area contributed by atoms with Crippen LogP contribution in [0.3, 0.4) is 0 Å². The molecule has 14 heavy (non-hydrogen) atoms. The Kier molecular flexibility index (Phi) is 2.50. The van der Waals surface area contributed by atoms with E-state index in [-0.39, 0.29) is 11.7 Å². The molecule has 0 saturated carbocycles. The van der Waals surface area contributed by atoms with Gasteiger partial charge in [0, 0.05) is 18.2 Å². The first kappa shape index (κ1) is 9.21. The van der Waals surface area contributed by atoms with Crippen molar-refractivity contribution in [2.24, 2.45) is 0 Å². The van der Waals surface area contributed by atoms with E-state index in [0.717, 1.165) is 16.7 Å². The lowest BCUT2D eigenvalue weighted by atomic mass is 10.1. The zero-order valence-electron chi connectivity index (χ0n) is 7.37. The normalized spacial score (nSPS) is 10.6. The van der Waals surface area contributed by atoms with Crippen LogP contribution < -0.4 is 0 Å². The molecule has 0 spiro atoms. The lowest BCUT2D eigenvalue weighted by Gasteiger charge is -1.91. The van der Waals surface area contributed by atoms with E-state index in [0.29, 0.717) is 6.42 Å². The van der Waals surface area contributed by atoms with Crippen LogP contribution >= 0.6 is 11.6 Å². The smallest absolute Gasteiger partial charge is 0.222 e. The molecule has 1 heterocycles. The zero-order chi connectivity index (χ0) is 9.97. The van der Waals surface area contributed by atoms with Gasteiger partial charge >= 0.3 is 0 Å². The van der Waals surface area contributed by atoms with Crippen molar-refractivity contribution >= 4 is 27.8 Å². The van der Waals surface area contributed by atoms with Gasteiger partial charge in [-0.15, -0.1) is 0 Å². The zero-order valence-corrected chi connectivity index (χ0v) is 8.12. The summed E-state index contributed by atoms with van der Waals surface area (Å²) in [6.45, 7) is 0. The van der Waals surface area contributed by atoms with Gasteiger partial charge in [-0.2, -0.15) is 0 Å². The average Bonchev–Trinajstić information content (AvgIpc) is 2.58. The second-order valence-corrected chi connectivity index (χ2v) is 3.40. The van der Waals surface area contributed by atoms with Gasteiger partial charge in [0.1, 0.15) is 0 Å². The summed E-state index contributed by atoms with van der Waals surface area (Å²) in [6.07, 6.45) is 0.817. The molecule has 0 amide bonds. The fourth-order valence-electron chi connectivity index (χ4n) is 1.34. The van der Waals surface area contributed by atoms with Gasteiger partial charge in [0.15, 0.2) is 5.58 Å². The van der Waals surface area contributed by atoms with E-state index >= 15 is 0 Å². The fraction of sp³-hybridized carbons (Fsp3) is 0.200. The van der Waals surface area contributed by atoms with Crippen LogP contribution in [0, 0.1) is 0 Å². The number of hydrogen-bond donors (Lipinski definition) is 0. The minimum absolute atomic E-state index is 0.290. The van der Waals surface area contributed by atoms with Crippen LogP contribution in [-0.4, -0.2) is 10.4 Å². The molecule has 1 aromatic carbocycles. The molecular weight excluding hydrogens is 202 g/mol. The molecular formula is C10H8ClNO2. The van der Waals surface area contributed by atoms with Gasteiger partial charge in [-0.25, -0.2) is 0 Å². The summed E-state index contributed by atoms with van der Waals surface area (Å²) in [5, 5.41) is 4.48. The molecule has 0 N–H and O–H groups in total.